The normalized spacial score (nSPS) is 19.2. The van der Waals surface area contributed by atoms with E-state index in [1.807, 2.05) is 32.0 Å². The molecule has 0 saturated heterocycles. The van der Waals surface area contributed by atoms with E-state index < -0.39 is 0 Å². The lowest BCUT2D eigenvalue weighted by molar-refractivity contribution is -0.0161. The SMILES string of the molecule is Cn1cc(C(=O)O[C@@H]2CC(C)(C)Oc3ccc(Br)cc32)cn1. The number of carbonyl (C=O) groups is 1. The zero-order valence-electron chi connectivity index (χ0n) is 12.7. The number of benzene rings is 1. The zero-order valence-corrected chi connectivity index (χ0v) is 14.3. The second-order valence-electron chi connectivity index (χ2n) is 6.04. The average molecular weight is 365 g/mol. The third-order valence-electron chi connectivity index (χ3n) is 3.57. The Morgan fingerprint density at radius 1 is 1.50 bits per heavy atom. The number of hydrogen-bond acceptors (Lipinski definition) is 4. The van der Waals surface area contributed by atoms with Crippen molar-refractivity contribution >= 4 is 21.9 Å². The molecule has 0 amide bonds. The zero-order chi connectivity index (χ0) is 15.9. The largest absolute Gasteiger partial charge is 0.487 e. The van der Waals surface area contributed by atoms with Crippen LogP contribution >= 0.6 is 15.9 Å². The van der Waals surface area contributed by atoms with Crippen molar-refractivity contribution in [3.63, 3.8) is 0 Å². The van der Waals surface area contributed by atoms with Crippen LogP contribution in [0.1, 0.15) is 42.3 Å². The molecule has 2 aromatic rings. The topological polar surface area (TPSA) is 53.4 Å². The molecule has 1 aromatic carbocycles. The number of carbonyl (C=O) groups excluding carboxylic acids is 1. The summed E-state index contributed by atoms with van der Waals surface area (Å²) in [6, 6.07) is 5.75. The number of esters is 1. The van der Waals surface area contributed by atoms with Crippen LogP contribution < -0.4 is 4.74 Å². The summed E-state index contributed by atoms with van der Waals surface area (Å²) in [5.74, 6) is 0.380. The van der Waals surface area contributed by atoms with Gasteiger partial charge in [-0.25, -0.2) is 4.79 Å². The molecule has 1 aliphatic heterocycles. The van der Waals surface area contributed by atoms with Gasteiger partial charge in [0, 0.05) is 29.7 Å². The van der Waals surface area contributed by atoms with Crippen molar-refractivity contribution in [2.75, 3.05) is 0 Å². The number of halogens is 1. The highest BCUT2D eigenvalue weighted by atomic mass is 79.9. The molecule has 2 heterocycles. The van der Waals surface area contributed by atoms with Crippen molar-refractivity contribution in [3.05, 3.63) is 46.2 Å². The highest BCUT2D eigenvalue weighted by Crippen LogP contribution is 2.42. The van der Waals surface area contributed by atoms with Gasteiger partial charge in [0.15, 0.2) is 0 Å². The van der Waals surface area contributed by atoms with Gasteiger partial charge in [0.1, 0.15) is 17.5 Å². The Morgan fingerprint density at radius 2 is 2.27 bits per heavy atom. The summed E-state index contributed by atoms with van der Waals surface area (Å²) in [4.78, 5) is 12.3. The molecule has 0 N–H and O–H groups in total. The Balaban J connectivity index is 1.90. The Bertz CT molecular complexity index is 724. The molecule has 0 radical (unpaired) electrons. The van der Waals surface area contributed by atoms with Crippen molar-refractivity contribution in [1.82, 2.24) is 9.78 Å². The standard InChI is InChI=1S/C16H17BrN2O3/c1-16(2)7-14(12-6-11(17)4-5-13(12)22-16)21-15(20)10-8-18-19(3)9-10/h4-6,8-9,14H,7H2,1-3H3/t14-/m1/s1. The summed E-state index contributed by atoms with van der Waals surface area (Å²) >= 11 is 3.45. The maximum atomic E-state index is 12.3. The monoisotopic (exact) mass is 364 g/mol. The lowest BCUT2D eigenvalue weighted by atomic mass is 9.91. The lowest BCUT2D eigenvalue weighted by Crippen LogP contribution is -2.36. The molecule has 1 aromatic heterocycles. The molecule has 22 heavy (non-hydrogen) atoms. The number of aromatic nitrogens is 2. The van der Waals surface area contributed by atoms with Crippen molar-refractivity contribution < 1.29 is 14.3 Å². The molecule has 0 bridgehead atoms. The van der Waals surface area contributed by atoms with Gasteiger partial charge in [0.05, 0.1) is 11.8 Å². The predicted octanol–water partition coefficient (Wildman–Crippen LogP) is 3.64. The van der Waals surface area contributed by atoms with Crippen LogP contribution in [-0.2, 0) is 11.8 Å². The Hall–Kier alpha value is -1.82. The predicted molar refractivity (Wildman–Crippen MR) is 84.8 cm³/mol. The molecule has 0 aliphatic carbocycles. The first-order chi connectivity index (χ1) is 10.3. The van der Waals surface area contributed by atoms with Gasteiger partial charge in [-0.05, 0) is 32.0 Å². The average Bonchev–Trinajstić information content (AvgIpc) is 2.85. The summed E-state index contributed by atoms with van der Waals surface area (Å²) in [5, 5.41) is 4.00. The van der Waals surface area contributed by atoms with Gasteiger partial charge in [-0.15, -0.1) is 0 Å². The third-order valence-corrected chi connectivity index (χ3v) is 4.07. The lowest BCUT2D eigenvalue weighted by Gasteiger charge is -2.37. The second-order valence-corrected chi connectivity index (χ2v) is 6.96. The van der Waals surface area contributed by atoms with Crippen LogP contribution in [0.3, 0.4) is 0 Å². The minimum absolute atomic E-state index is 0.344. The first kappa shape index (κ1) is 15.1. The van der Waals surface area contributed by atoms with Gasteiger partial charge in [-0.1, -0.05) is 15.9 Å². The van der Waals surface area contributed by atoms with Crippen molar-refractivity contribution in [1.29, 1.82) is 0 Å². The molecular formula is C16H17BrN2O3. The van der Waals surface area contributed by atoms with Crippen molar-refractivity contribution in [2.45, 2.75) is 32.0 Å². The van der Waals surface area contributed by atoms with Crippen molar-refractivity contribution in [2.24, 2.45) is 7.05 Å². The summed E-state index contributed by atoms with van der Waals surface area (Å²) in [6.07, 6.45) is 3.41. The molecule has 1 aliphatic rings. The minimum atomic E-state index is -0.388. The van der Waals surface area contributed by atoms with E-state index in [4.69, 9.17) is 9.47 Å². The molecule has 0 spiro atoms. The number of rotatable bonds is 2. The smallest absolute Gasteiger partial charge is 0.341 e. The number of fused-ring (bicyclic) bond motifs is 1. The van der Waals surface area contributed by atoms with Crippen LogP contribution in [0.5, 0.6) is 5.75 Å². The summed E-state index contributed by atoms with van der Waals surface area (Å²) in [5.41, 5.74) is 0.940. The number of ether oxygens (including phenoxy) is 2. The third kappa shape index (κ3) is 3.02. The van der Waals surface area contributed by atoms with Gasteiger partial charge in [-0.3, -0.25) is 4.68 Å². The van der Waals surface area contributed by atoms with Crippen LogP contribution in [0.2, 0.25) is 0 Å². The van der Waals surface area contributed by atoms with Crippen LogP contribution in [-0.4, -0.2) is 21.4 Å². The maximum Gasteiger partial charge on any atom is 0.341 e. The van der Waals surface area contributed by atoms with E-state index in [1.54, 1.807) is 17.9 Å². The maximum absolute atomic E-state index is 12.3. The first-order valence-corrected chi connectivity index (χ1v) is 7.81. The molecule has 0 fully saturated rings. The van der Waals surface area contributed by atoms with E-state index in [-0.39, 0.29) is 17.7 Å². The first-order valence-electron chi connectivity index (χ1n) is 7.02. The van der Waals surface area contributed by atoms with Crippen LogP contribution in [0.4, 0.5) is 0 Å². The van der Waals surface area contributed by atoms with E-state index in [9.17, 15) is 4.79 Å². The van der Waals surface area contributed by atoms with Gasteiger partial charge >= 0.3 is 5.97 Å². The Labute approximate surface area is 137 Å². The molecule has 0 saturated carbocycles. The Kier molecular flexibility index (Phi) is 3.72. The highest BCUT2D eigenvalue weighted by molar-refractivity contribution is 9.10. The number of nitrogens with zero attached hydrogens (tertiary/aromatic N) is 2. The summed E-state index contributed by atoms with van der Waals surface area (Å²) in [6.45, 7) is 3.98. The highest BCUT2D eigenvalue weighted by Gasteiger charge is 2.36. The van der Waals surface area contributed by atoms with Gasteiger partial charge in [-0.2, -0.15) is 5.10 Å². The van der Waals surface area contributed by atoms with Crippen LogP contribution in [0.15, 0.2) is 35.1 Å². The van der Waals surface area contributed by atoms with E-state index in [1.165, 1.54) is 6.20 Å². The number of aryl methyl sites for hydroxylation is 1. The molecule has 5 nitrogen and oxygen atoms in total. The molecule has 6 heteroatoms. The molecule has 3 rings (SSSR count). The number of hydrogen-bond donors (Lipinski definition) is 0. The molecular weight excluding hydrogens is 348 g/mol. The fraction of sp³-hybridized carbons (Fsp3) is 0.375. The molecule has 1 atom stereocenters. The van der Waals surface area contributed by atoms with Gasteiger partial charge < -0.3 is 9.47 Å². The van der Waals surface area contributed by atoms with E-state index in [2.05, 4.69) is 21.0 Å². The molecule has 0 unspecified atom stereocenters. The van der Waals surface area contributed by atoms with Crippen molar-refractivity contribution in [3.8, 4) is 5.75 Å². The van der Waals surface area contributed by atoms with E-state index >= 15 is 0 Å². The quantitative estimate of drug-likeness (QED) is 0.763. The van der Waals surface area contributed by atoms with E-state index in [0.29, 0.717) is 12.0 Å². The van der Waals surface area contributed by atoms with E-state index in [0.717, 1.165) is 15.8 Å². The summed E-state index contributed by atoms with van der Waals surface area (Å²) in [7, 11) is 1.76. The van der Waals surface area contributed by atoms with Gasteiger partial charge in [0.25, 0.3) is 0 Å². The Morgan fingerprint density at radius 3 is 2.95 bits per heavy atom. The van der Waals surface area contributed by atoms with Gasteiger partial charge in [0.2, 0.25) is 0 Å². The summed E-state index contributed by atoms with van der Waals surface area (Å²) < 4.78 is 14.2. The minimum Gasteiger partial charge on any atom is -0.487 e. The van der Waals surface area contributed by atoms with Crippen LogP contribution in [0.25, 0.3) is 0 Å². The second kappa shape index (κ2) is 5.43. The fourth-order valence-corrected chi connectivity index (χ4v) is 2.97. The molecule has 116 valence electrons. The fourth-order valence-electron chi connectivity index (χ4n) is 2.59. The van der Waals surface area contributed by atoms with Crippen LogP contribution in [0, 0.1) is 0 Å².